The minimum atomic E-state index is -0.778. The number of unbranched alkanes of at least 4 members (excludes halogenated alkanes) is 1. The predicted molar refractivity (Wildman–Crippen MR) is 104 cm³/mol. The Hall–Kier alpha value is -0.740. The number of fused-ring (bicyclic) bond motifs is 1. The summed E-state index contributed by atoms with van der Waals surface area (Å²) >= 11 is 1.90. The van der Waals surface area contributed by atoms with Gasteiger partial charge in [-0.1, -0.05) is 28.0 Å². The van der Waals surface area contributed by atoms with E-state index in [0.717, 1.165) is 30.8 Å². The van der Waals surface area contributed by atoms with E-state index in [1.54, 1.807) is 10.8 Å². The van der Waals surface area contributed by atoms with Crippen LogP contribution in [-0.4, -0.2) is 64.2 Å². The molecule has 2 heterocycles. The van der Waals surface area contributed by atoms with Gasteiger partial charge in [0.05, 0.1) is 18.5 Å². The molecular weight excluding hydrogens is 382 g/mol. The molecule has 2 rings (SSSR count). The van der Waals surface area contributed by atoms with Crippen LogP contribution < -0.4 is 16.0 Å². The molecule has 10 heteroatoms. The van der Waals surface area contributed by atoms with Crippen molar-refractivity contribution in [3.05, 3.63) is 0 Å². The minimum absolute atomic E-state index is 0.0568. The van der Waals surface area contributed by atoms with Crippen LogP contribution in [0.4, 0.5) is 4.79 Å². The van der Waals surface area contributed by atoms with Gasteiger partial charge in [-0.2, -0.15) is 11.8 Å². The molecule has 2 aliphatic rings. The number of carboxylic acid groups (broad SMARTS) is 1. The Kier molecular flexibility index (Phi) is 9.11. The van der Waals surface area contributed by atoms with Gasteiger partial charge in [0.1, 0.15) is 0 Å². The van der Waals surface area contributed by atoms with Crippen LogP contribution in [-0.2, 0) is 9.59 Å². The van der Waals surface area contributed by atoms with Crippen molar-refractivity contribution in [3.8, 4) is 0 Å². The number of urea groups is 1. The van der Waals surface area contributed by atoms with Gasteiger partial charge in [-0.15, -0.1) is 0 Å². The topological polar surface area (TPSA) is 108 Å². The molecule has 0 aromatic rings. The molecule has 2 saturated heterocycles. The molecule has 0 aromatic carbocycles. The Labute approximate surface area is 160 Å². The molecule has 2 aliphatic heterocycles. The Balaban J connectivity index is 1.42. The van der Waals surface area contributed by atoms with E-state index in [-0.39, 0.29) is 30.4 Å². The zero-order valence-corrected chi connectivity index (χ0v) is 16.4. The van der Waals surface area contributed by atoms with Crippen LogP contribution in [0.5, 0.6) is 0 Å². The summed E-state index contributed by atoms with van der Waals surface area (Å²) in [6.45, 7) is 0.615. The fraction of sp³-hybridized carbons (Fsp3) is 0.800. The second-order valence-corrected chi connectivity index (χ2v) is 9.98. The maximum Gasteiger partial charge on any atom is 0.315 e. The smallest absolute Gasteiger partial charge is 0.315 e. The van der Waals surface area contributed by atoms with Crippen molar-refractivity contribution in [2.75, 3.05) is 23.8 Å². The van der Waals surface area contributed by atoms with Gasteiger partial charge < -0.3 is 21.1 Å². The molecule has 0 aromatic heterocycles. The highest BCUT2D eigenvalue weighted by molar-refractivity contribution is 8.76. The van der Waals surface area contributed by atoms with Gasteiger partial charge in [0.15, 0.2) is 0 Å². The largest absolute Gasteiger partial charge is 0.481 e. The number of hydrogen-bond donors (Lipinski definition) is 4. The van der Waals surface area contributed by atoms with Crippen LogP contribution in [0.15, 0.2) is 0 Å². The predicted octanol–water partition coefficient (Wildman–Crippen LogP) is 1.68. The van der Waals surface area contributed by atoms with Crippen LogP contribution in [0, 0.1) is 0 Å². The normalized spacial score (nSPS) is 24.5. The van der Waals surface area contributed by atoms with Crippen LogP contribution in [0.2, 0.25) is 0 Å². The third-order valence-corrected chi connectivity index (χ3v) is 7.99. The molecule has 0 aliphatic carbocycles. The van der Waals surface area contributed by atoms with Gasteiger partial charge in [-0.05, 0) is 12.8 Å². The SMILES string of the molecule is O=C(O)CCSSCCNC(=O)CCCC[C@@H]1SC[C@@H]2NC(=O)N[C@@H]21. The van der Waals surface area contributed by atoms with E-state index in [1.165, 1.54) is 10.8 Å². The van der Waals surface area contributed by atoms with Crippen molar-refractivity contribution in [3.63, 3.8) is 0 Å². The average Bonchev–Trinajstić information content (AvgIpc) is 3.10. The summed E-state index contributed by atoms with van der Waals surface area (Å²) in [6, 6.07) is 0.442. The second kappa shape index (κ2) is 11.1. The number of nitrogens with one attached hydrogen (secondary N) is 3. The van der Waals surface area contributed by atoms with Gasteiger partial charge >= 0.3 is 12.0 Å². The Morgan fingerprint density at radius 1 is 1.20 bits per heavy atom. The van der Waals surface area contributed by atoms with Crippen LogP contribution in [0.25, 0.3) is 0 Å². The highest BCUT2D eigenvalue weighted by atomic mass is 33.1. The van der Waals surface area contributed by atoms with Gasteiger partial charge in [0.25, 0.3) is 0 Å². The van der Waals surface area contributed by atoms with E-state index in [0.29, 0.717) is 24.0 Å². The van der Waals surface area contributed by atoms with Crippen LogP contribution in [0.1, 0.15) is 32.1 Å². The zero-order valence-electron chi connectivity index (χ0n) is 14.0. The number of carboxylic acids is 1. The number of thioether (sulfide) groups is 1. The van der Waals surface area contributed by atoms with Crippen molar-refractivity contribution < 1.29 is 19.5 Å². The molecule has 0 bridgehead atoms. The molecule has 142 valence electrons. The van der Waals surface area contributed by atoms with Crippen LogP contribution in [0.3, 0.4) is 0 Å². The van der Waals surface area contributed by atoms with E-state index < -0.39 is 5.97 Å². The summed E-state index contributed by atoms with van der Waals surface area (Å²) in [5, 5.41) is 17.8. The molecule has 25 heavy (non-hydrogen) atoms. The van der Waals surface area contributed by atoms with Gasteiger partial charge in [-0.25, -0.2) is 4.79 Å². The lowest BCUT2D eigenvalue weighted by atomic mass is 10.0. The van der Waals surface area contributed by atoms with E-state index >= 15 is 0 Å². The number of aliphatic carboxylic acids is 1. The number of carbonyl (C=O) groups excluding carboxylic acids is 2. The lowest BCUT2D eigenvalue weighted by Gasteiger charge is -2.16. The van der Waals surface area contributed by atoms with Crippen molar-refractivity contribution in [2.45, 2.75) is 49.4 Å². The molecule has 7 nitrogen and oxygen atoms in total. The molecule has 3 amide bonds. The number of carbonyl (C=O) groups is 3. The molecule has 4 N–H and O–H groups in total. The summed E-state index contributed by atoms with van der Waals surface area (Å²) in [7, 11) is 3.11. The lowest BCUT2D eigenvalue weighted by molar-refractivity contribution is -0.136. The van der Waals surface area contributed by atoms with E-state index in [4.69, 9.17) is 5.11 Å². The van der Waals surface area contributed by atoms with Crippen LogP contribution >= 0.6 is 33.3 Å². The summed E-state index contributed by atoms with van der Waals surface area (Å²) in [6.07, 6.45) is 3.58. The molecule has 0 spiro atoms. The first-order chi connectivity index (χ1) is 12.1. The van der Waals surface area contributed by atoms with Gasteiger partial charge in [-0.3, -0.25) is 9.59 Å². The Morgan fingerprint density at radius 2 is 2.00 bits per heavy atom. The van der Waals surface area contributed by atoms with Crippen molar-refractivity contribution in [2.24, 2.45) is 0 Å². The van der Waals surface area contributed by atoms with Crippen molar-refractivity contribution in [1.29, 1.82) is 0 Å². The van der Waals surface area contributed by atoms with E-state index in [9.17, 15) is 14.4 Å². The molecule has 0 unspecified atom stereocenters. The fourth-order valence-corrected chi connectivity index (χ4v) is 6.27. The second-order valence-electron chi connectivity index (χ2n) is 6.01. The zero-order chi connectivity index (χ0) is 18.1. The maximum atomic E-state index is 11.8. The monoisotopic (exact) mass is 407 g/mol. The first-order valence-corrected chi connectivity index (χ1v) is 12.0. The molecular formula is C15H25N3O4S3. The number of amides is 3. The summed E-state index contributed by atoms with van der Waals surface area (Å²) in [5.41, 5.74) is 0. The lowest BCUT2D eigenvalue weighted by Crippen LogP contribution is -2.36. The quantitative estimate of drug-likeness (QED) is 0.221. The number of hydrogen-bond acceptors (Lipinski definition) is 6. The maximum absolute atomic E-state index is 11.8. The molecule has 3 atom stereocenters. The van der Waals surface area contributed by atoms with E-state index in [1.807, 2.05) is 11.8 Å². The standard InChI is InChI=1S/C15H25N3O4S3/c19-12(16-6-8-25-24-7-5-13(20)21)4-2-1-3-11-14-10(9-23-11)17-15(22)18-14/h10-11,14H,1-9H2,(H,16,19)(H,20,21)(H2,17,18,22)/t10-,11-,14-/m0/s1. The van der Waals surface area contributed by atoms with Gasteiger partial charge in [0, 0.05) is 35.5 Å². The van der Waals surface area contributed by atoms with E-state index in [2.05, 4.69) is 16.0 Å². The Bertz CT molecular complexity index is 481. The summed E-state index contributed by atoms with van der Waals surface area (Å²) in [4.78, 5) is 33.4. The van der Waals surface area contributed by atoms with Crippen molar-refractivity contribution in [1.82, 2.24) is 16.0 Å². The number of rotatable bonds is 12. The first kappa shape index (κ1) is 20.6. The first-order valence-electron chi connectivity index (χ1n) is 8.48. The summed E-state index contributed by atoms with van der Waals surface area (Å²) in [5.74, 6) is 1.63. The fourth-order valence-electron chi connectivity index (χ4n) is 2.84. The molecule has 2 fully saturated rings. The van der Waals surface area contributed by atoms with Gasteiger partial charge in [0.2, 0.25) is 5.91 Å². The third-order valence-electron chi connectivity index (χ3n) is 4.07. The molecule has 0 saturated carbocycles. The highest BCUT2D eigenvalue weighted by Crippen LogP contribution is 2.33. The highest BCUT2D eigenvalue weighted by Gasteiger charge is 2.42. The minimum Gasteiger partial charge on any atom is -0.481 e. The third kappa shape index (κ3) is 7.57. The average molecular weight is 408 g/mol. The molecule has 0 radical (unpaired) electrons. The van der Waals surface area contributed by atoms with Crippen molar-refractivity contribution >= 4 is 51.3 Å². The summed E-state index contributed by atoms with van der Waals surface area (Å²) < 4.78 is 0. The Morgan fingerprint density at radius 3 is 2.80 bits per heavy atom.